The molecule has 1 aliphatic rings. The van der Waals surface area contributed by atoms with Crippen LogP contribution in [-0.4, -0.2) is 31.3 Å². The van der Waals surface area contributed by atoms with Crippen molar-refractivity contribution in [2.45, 2.75) is 44.2 Å². The van der Waals surface area contributed by atoms with Gasteiger partial charge in [0.05, 0.1) is 14.2 Å². The maximum atomic E-state index is 12.2. The standard InChI is InChI=1S/C16H23NO4/c1-20-12-8-9-13(14(10-12)21-2)15(18)16(19)17-11-6-4-3-5-7-11/h8-11,15,18H,3-7H2,1-2H3,(H,17,19). The number of aliphatic hydroxyl groups is 1. The van der Waals surface area contributed by atoms with Crippen LogP contribution in [0.15, 0.2) is 18.2 Å². The SMILES string of the molecule is COc1ccc(C(O)C(=O)NC2CCCCC2)c(OC)c1. The molecule has 1 aliphatic carbocycles. The van der Waals surface area contributed by atoms with Crippen molar-refractivity contribution in [2.24, 2.45) is 0 Å². The summed E-state index contributed by atoms with van der Waals surface area (Å²) in [6.07, 6.45) is 4.23. The highest BCUT2D eigenvalue weighted by Gasteiger charge is 2.24. The molecule has 5 heteroatoms. The fourth-order valence-corrected chi connectivity index (χ4v) is 2.71. The molecule has 1 aromatic carbocycles. The molecule has 1 amide bonds. The van der Waals surface area contributed by atoms with E-state index >= 15 is 0 Å². The summed E-state index contributed by atoms with van der Waals surface area (Å²) in [6.45, 7) is 0. The summed E-state index contributed by atoms with van der Waals surface area (Å²) < 4.78 is 10.3. The van der Waals surface area contributed by atoms with Crippen LogP contribution in [0.4, 0.5) is 0 Å². The average Bonchev–Trinajstić information content (AvgIpc) is 2.54. The first kappa shape index (κ1) is 15.6. The fourth-order valence-electron chi connectivity index (χ4n) is 2.71. The molecular formula is C16H23NO4. The number of hydrogen-bond donors (Lipinski definition) is 2. The Balaban J connectivity index is 2.07. The molecule has 2 N–H and O–H groups in total. The van der Waals surface area contributed by atoms with Gasteiger partial charge in [0.1, 0.15) is 11.5 Å². The van der Waals surface area contributed by atoms with Crippen molar-refractivity contribution in [3.05, 3.63) is 23.8 Å². The average molecular weight is 293 g/mol. The van der Waals surface area contributed by atoms with Crippen molar-refractivity contribution in [3.8, 4) is 11.5 Å². The molecule has 1 atom stereocenters. The summed E-state index contributed by atoms with van der Waals surface area (Å²) in [7, 11) is 3.06. The van der Waals surface area contributed by atoms with Gasteiger partial charge in [-0.2, -0.15) is 0 Å². The number of ether oxygens (including phenoxy) is 2. The van der Waals surface area contributed by atoms with Gasteiger partial charge < -0.3 is 19.9 Å². The third kappa shape index (κ3) is 3.88. The van der Waals surface area contributed by atoms with E-state index in [2.05, 4.69) is 5.32 Å². The summed E-state index contributed by atoms with van der Waals surface area (Å²) in [5.74, 6) is 0.696. The van der Waals surface area contributed by atoms with Crippen LogP contribution in [0.3, 0.4) is 0 Å². The third-order valence-electron chi connectivity index (χ3n) is 3.94. The predicted molar refractivity (Wildman–Crippen MR) is 79.5 cm³/mol. The number of rotatable bonds is 5. The zero-order valence-electron chi connectivity index (χ0n) is 12.6. The Morgan fingerprint density at radius 1 is 1.24 bits per heavy atom. The van der Waals surface area contributed by atoms with Crippen molar-refractivity contribution >= 4 is 5.91 Å². The van der Waals surface area contributed by atoms with E-state index in [0.717, 1.165) is 25.7 Å². The molecule has 5 nitrogen and oxygen atoms in total. The Hall–Kier alpha value is -1.75. The lowest BCUT2D eigenvalue weighted by molar-refractivity contribution is -0.130. The largest absolute Gasteiger partial charge is 0.497 e. The molecule has 0 spiro atoms. The summed E-state index contributed by atoms with van der Waals surface area (Å²) in [5.41, 5.74) is 0.451. The highest BCUT2D eigenvalue weighted by atomic mass is 16.5. The highest BCUT2D eigenvalue weighted by molar-refractivity contribution is 5.83. The van der Waals surface area contributed by atoms with Crippen LogP contribution in [-0.2, 0) is 4.79 Å². The van der Waals surface area contributed by atoms with Gasteiger partial charge in [0.25, 0.3) is 5.91 Å². The lowest BCUT2D eigenvalue weighted by Gasteiger charge is -2.24. The second-order valence-corrected chi connectivity index (χ2v) is 5.35. The second kappa shape index (κ2) is 7.31. The van der Waals surface area contributed by atoms with Crippen molar-refractivity contribution in [1.82, 2.24) is 5.32 Å². The minimum absolute atomic E-state index is 0.171. The lowest BCUT2D eigenvalue weighted by atomic mass is 9.95. The Morgan fingerprint density at radius 2 is 1.95 bits per heavy atom. The molecule has 0 radical (unpaired) electrons. The van der Waals surface area contributed by atoms with E-state index in [9.17, 15) is 9.90 Å². The van der Waals surface area contributed by atoms with Gasteiger partial charge in [-0.15, -0.1) is 0 Å². The molecule has 1 fully saturated rings. The molecule has 1 unspecified atom stereocenters. The molecule has 0 heterocycles. The molecule has 21 heavy (non-hydrogen) atoms. The molecule has 0 bridgehead atoms. The quantitative estimate of drug-likeness (QED) is 0.873. The zero-order chi connectivity index (χ0) is 15.2. The number of methoxy groups -OCH3 is 2. The molecule has 116 valence electrons. The highest BCUT2D eigenvalue weighted by Crippen LogP contribution is 2.30. The van der Waals surface area contributed by atoms with Gasteiger partial charge in [-0.1, -0.05) is 19.3 Å². The van der Waals surface area contributed by atoms with Crippen molar-refractivity contribution in [1.29, 1.82) is 0 Å². The fraction of sp³-hybridized carbons (Fsp3) is 0.562. The summed E-state index contributed by atoms with van der Waals surface area (Å²) in [4.78, 5) is 12.2. The lowest BCUT2D eigenvalue weighted by Crippen LogP contribution is -2.39. The van der Waals surface area contributed by atoms with Crippen LogP contribution in [0, 0.1) is 0 Å². The minimum Gasteiger partial charge on any atom is -0.497 e. The number of hydrogen-bond acceptors (Lipinski definition) is 4. The first-order valence-electron chi connectivity index (χ1n) is 7.36. The van der Waals surface area contributed by atoms with Crippen LogP contribution in [0.1, 0.15) is 43.8 Å². The van der Waals surface area contributed by atoms with E-state index in [-0.39, 0.29) is 11.9 Å². The Labute approximate surface area is 125 Å². The van der Waals surface area contributed by atoms with E-state index in [1.807, 2.05) is 0 Å². The topological polar surface area (TPSA) is 67.8 Å². The van der Waals surface area contributed by atoms with Gasteiger partial charge in [0, 0.05) is 17.7 Å². The van der Waals surface area contributed by atoms with E-state index < -0.39 is 6.10 Å². The van der Waals surface area contributed by atoms with Gasteiger partial charge in [-0.3, -0.25) is 4.79 Å². The van der Waals surface area contributed by atoms with Crippen molar-refractivity contribution in [3.63, 3.8) is 0 Å². The number of aliphatic hydroxyl groups excluding tert-OH is 1. The van der Waals surface area contributed by atoms with E-state index in [1.165, 1.54) is 13.5 Å². The van der Waals surface area contributed by atoms with E-state index in [4.69, 9.17) is 9.47 Å². The monoisotopic (exact) mass is 293 g/mol. The number of carbonyl (C=O) groups is 1. The van der Waals surface area contributed by atoms with Gasteiger partial charge in [0.15, 0.2) is 6.10 Å². The third-order valence-corrected chi connectivity index (χ3v) is 3.94. The molecule has 0 saturated heterocycles. The van der Waals surface area contributed by atoms with Gasteiger partial charge in [-0.25, -0.2) is 0 Å². The van der Waals surface area contributed by atoms with Crippen LogP contribution < -0.4 is 14.8 Å². The maximum absolute atomic E-state index is 12.2. The Morgan fingerprint density at radius 3 is 2.57 bits per heavy atom. The summed E-state index contributed by atoms with van der Waals surface area (Å²) >= 11 is 0. The predicted octanol–water partition coefficient (Wildman–Crippen LogP) is 2.19. The summed E-state index contributed by atoms with van der Waals surface area (Å²) in [5, 5.41) is 13.2. The van der Waals surface area contributed by atoms with Gasteiger partial charge >= 0.3 is 0 Å². The maximum Gasteiger partial charge on any atom is 0.253 e. The minimum atomic E-state index is -1.23. The number of benzene rings is 1. The van der Waals surface area contributed by atoms with E-state index in [0.29, 0.717) is 17.1 Å². The molecule has 2 rings (SSSR count). The van der Waals surface area contributed by atoms with Crippen molar-refractivity contribution in [2.75, 3.05) is 14.2 Å². The number of amides is 1. The normalized spacial score (nSPS) is 17.1. The van der Waals surface area contributed by atoms with Crippen LogP contribution >= 0.6 is 0 Å². The Kier molecular flexibility index (Phi) is 5.44. The molecule has 0 aliphatic heterocycles. The number of nitrogens with one attached hydrogen (secondary N) is 1. The zero-order valence-corrected chi connectivity index (χ0v) is 12.6. The van der Waals surface area contributed by atoms with Crippen LogP contribution in [0.2, 0.25) is 0 Å². The van der Waals surface area contributed by atoms with Gasteiger partial charge in [-0.05, 0) is 25.0 Å². The smallest absolute Gasteiger partial charge is 0.253 e. The Bertz CT molecular complexity index is 483. The van der Waals surface area contributed by atoms with Gasteiger partial charge in [0.2, 0.25) is 0 Å². The van der Waals surface area contributed by atoms with Crippen LogP contribution in [0.5, 0.6) is 11.5 Å². The summed E-state index contributed by atoms with van der Waals surface area (Å²) in [6, 6.07) is 5.19. The molecular weight excluding hydrogens is 270 g/mol. The molecule has 0 aromatic heterocycles. The van der Waals surface area contributed by atoms with Crippen LogP contribution in [0.25, 0.3) is 0 Å². The first-order chi connectivity index (χ1) is 10.2. The second-order valence-electron chi connectivity index (χ2n) is 5.35. The number of carbonyl (C=O) groups excluding carboxylic acids is 1. The molecule has 1 aromatic rings. The van der Waals surface area contributed by atoms with E-state index in [1.54, 1.807) is 25.3 Å². The van der Waals surface area contributed by atoms with Crippen molar-refractivity contribution < 1.29 is 19.4 Å². The first-order valence-corrected chi connectivity index (χ1v) is 7.36. The molecule has 1 saturated carbocycles.